The molecular weight excluding hydrogens is 274 g/mol. The van der Waals surface area contributed by atoms with Crippen molar-refractivity contribution >= 4 is 27.9 Å². The number of rotatable bonds is 6. The van der Waals surface area contributed by atoms with Crippen LogP contribution in [0.4, 0.5) is 10.7 Å². The summed E-state index contributed by atoms with van der Waals surface area (Å²) in [4.78, 5) is 14.9. The van der Waals surface area contributed by atoms with Crippen LogP contribution in [0.5, 0.6) is 5.75 Å². The first-order chi connectivity index (χ1) is 9.60. The molecule has 3 rings (SSSR count). The third kappa shape index (κ3) is 2.70. The van der Waals surface area contributed by atoms with Gasteiger partial charge in [-0.3, -0.25) is 4.79 Å². The van der Waals surface area contributed by atoms with Crippen molar-refractivity contribution in [1.29, 1.82) is 0 Å². The van der Waals surface area contributed by atoms with Gasteiger partial charge in [-0.1, -0.05) is 0 Å². The second kappa shape index (κ2) is 5.16. The van der Waals surface area contributed by atoms with Gasteiger partial charge in [-0.2, -0.15) is 0 Å². The molecule has 2 saturated carbocycles. The molecule has 1 aromatic rings. The zero-order chi connectivity index (χ0) is 14.3. The predicted octanol–water partition coefficient (Wildman–Crippen LogP) is 2.08. The van der Waals surface area contributed by atoms with E-state index in [0.29, 0.717) is 22.4 Å². The number of nitrogens with one attached hydrogen (secondary N) is 1. The quantitative estimate of drug-likeness (QED) is 0.843. The molecule has 2 aliphatic carbocycles. The number of thiophene rings is 1. The monoisotopic (exact) mass is 295 g/mol. The Morgan fingerprint density at radius 2 is 2.15 bits per heavy atom. The van der Waals surface area contributed by atoms with Crippen LogP contribution in [0.3, 0.4) is 0 Å². The minimum atomic E-state index is -0.0700. The normalized spacial score (nSPS) is 17.9. The van der Waals surface area contributed by atoms with Gasteiger partial charge in [0, 0.05) is 19.6 Å². The molecule has 110 valence electrons. The minimum Gasteiger partial charge on any atom is -0.492 e. The molecule has 1 heterocycles. The number of hydrogen-bond donors (Lipinski definition) is 2. The summed E-state index contributed by atoms with van der Waals surface area (Å²) in [7, 11) is 3.64. The van der Waals surface area contributed by atoms with Crippen LogP contribution >= 0.6 is 11.3 Å². The van der Waals surface area contributed by atoms with Gasteiger partial charge in [0.25, 0.3) is 5.91 Å². The summed E-state index contributed by atoms with van der Waals surface area (Å²) in [6, 6.07) is 0.336. The summed E-state index contributed by atoms with van der Waals surface area (Å²) >= 11 is 1.43. The highest BCUT2D eigenvalue weighted by atomic mass is 32.1. The number of carbonyl (C=O) groups excluding carboxylic acids is 1. The summed E-state index contributed by atoms with van der Waals surface area (Å²) in [5.41, 5.74) is 6.56. The molecule has 0 unspecified atom stereocenters. The minimum absolute atomic E-state index is 0.0700. The molecule has 1 amide bonds. The first kappa shape index (κ1) is 13.5. The van der Waals surface area contributed by atoms with Crippen molar-refractivity contribution in [1.82, 2.24) is 5.32 Å². The van der Waals surface area contributed by atoms with Crippen LogP contribution in [-0.2, 0) is 0 Å². The Morgan fingerprint density at radius 1 is 1.45 bits per heavy atom. The summed E-state index contributed by atoms with van der Waals surface area (Å²) in [5.74, 6) is 1.34. The average molecular weight is 295 g/mol. The fraction of sp³-hybridized carbons (Fsp3) is 0.643. The van der Waals surface area contributed by atoms with Gasteiger partial charge in [-0.15, -0.1) is 11.3 Å². The van der Waals surface area contributed by atoms with Crippen LogP contribution in [0.1, 0.15) is 35.4 Å². The molecule has 6 heteroatoms. The van der Waals surface area contributed by atoms with E-state index in [-0.39, 0.29) is 5.91 Å². The zero-order valence-electron chi connectivity index (χ0n) is 11.9. The number of nitrogen functional groups attached to an aromatic ring is 1. The molecule has 0 aromatic carbocycles. The van der Waals surface area contributed by atoms with Gasteiger partial charge in [0.05, 0.1) is 7.11 Å². The van der Waals surface area contributed by atoms with E-state index in [2.05, 4.69) is 10.2 Å². The van der Waals surface area contributed by atoms with E-state index in [4.69, 9.17) is 10.5 Å². The number of nitrogens with zero attached hydrogens (tertiary/aromatic N) is 1. The van der Waals surface area contributed by atoms with E-state index in [0.717, 1.165) is 30.3 Å². The Bertz CT molecular complexity index is 521. The van der Waals surface area contributed by atoms with Crippen LogP contribution in [0.2, 0.25) is 0 Å². The van der Waals surface area contributed by atoms with Crippen LogP contribution in [-0.4, -0.2) is 32.7 Å². The highest BCUT2D eigenvalue weighted by Gasteiger charge is 2.30. The highest BCUT2D eigenvalue weighted by Crippen LogP contribution is 2.45. The maximum absolute atomic E-state index is 12.2. The number of carbonyl (C=O) groups is 1. The van der Waals surface area contributed by atoms with E-state index in [1.807, 2.05) is 7.05 Å². The van der Waals surface area contributed by atoms with Gasteiger partial charge in [0.15, 0.2) is 5.75 Å². The number of nitrogens with two attached hydrogens (primary N) is 1. The number of methoxy groups -OCH3 is 1. The van der Waals surface area contributed by atoms with Crippen molar-refractivity contribution in [3.63, 3.8) is 0 Å². The van der Waals surface area contributed by atoms with Gasteiger partial charge >= 0.3 is 0 Å². The summed E-state index contributed by atoms with van der Waals surface area (Å²) in [5, 5.41) is 3.94. The largest absolute Gasteiger partial charge is 0.492 e. The molecule has 0 bridgehead atoms. The lowest BCUT2D eigenvalue weighted by Gasteiger charge is -2.18. The maximum Gasteiger partial charge on any atom is 0.263 e. The molecule has 0 spiro atoms. The van der Waals surface area contributed by atoms with Gasteiger partial charge in [0.1, 0.15) is 15.6 Å². The van der Waals surface area contributed by atoms with Gasteiger partial charge < -0.3 is 20.7 Å². The fourth-order valence-corrected chi connectivity index (χ4v) is 3.35. The van der Waals surface area contributed by atoms with Crippen LogP contribution in [0.15, 0.2) is 0 Å². The van der Waals surface area contributed by atoms with E-state index in [1.165, 1.54) is 24.2 Å². The summed E-state index contributed by atoms with van der Waals surface area (Å²) < 4.78 is 5.41. The molecule has 20 heavy (non-hydrogen) atoms. The van der Waals surface area contributed by atoms with Gasteiger partial charge in [-0.05, 0) is 31.6 Å². The van der Waals surface area contributed by atoms with E-state index in [9.17, 15) is 4.79 Å². The average Bonchev–Trinajstić information content (AvgIpc) is 3.31. The smallest absolute Gasteiger partial charge is 0.263 e. The molecule has 2 fully saturated rings. The van der Waals surface area contributed by atoms with E-state index >= 15 is 0 Å². The second-order valence-electron chi connectivity index (χ2n) is 5.75. The Balaban J connectivity index is 1.82. The van der Waals surface area contributed by atoms with E-state index in [1.54, 1.807) is 7.11 Å². The molecule has 0 atom stereocenters. The van der Waals surface area contributed by atoms with Crippen molar-refractivity contribution in [3.8, 4) is 5.75 Å². The van der Waals surface area contributed by atoms with Crippen molar-refractivity contribution in [2.24, 2.45) is 5.92 Å². The standard InChI is InChI=1S/C14H21N3O2S/c1-17(7-8-3-4-8)14-11(19-2)10(15)12(20-14)13(18)16-9-5-6-9/h8-9H,3-7,15H2,1-2H3,(H,16,18). The number of amides is 1. The summed E-state index contributed by atoms with van der Waals surface area (Å²) in [6.07, 6.45) is 4.73. The summed E-state index contributed by atoms with van der Waals surface area (Å²) in [6.45, 7) is 1.000. The molecule has 5 nitrogen and oxygen atoms in total. The Morgan fingerprint density at radius 3 is 2.70 bits per heavy atom. The third-order valence-electron chi connectivity index (χ3n) is 3.78. The predicted molar refractivity (Wildman–Crippen MR) is 81.8 cm³/mol. The molecule has 0 radical (unpaired) electrons. The number of ether oxygens (including phenoxy) is 1. The first-order valence-corrected chi connectivity index (χ1v) is 7.90. The molecule has 3 N–H and O–H groups in total. The molecule has 2 aliphatic rings. The van der Waals surface area contributed by atoms with E-state index < -0.39 is 0 Å². The zero-order valence-corrected chi connectivity index (χ0v) is 12.8. The number of anilines is 2. The van der Waals surface area contributed by atoms with Crippen molar-refractivity contribution in [3.05, 3.63) is 4.88 Å². The molecule has 0 saturated heterocycles. The van der Waals surface area contributed by atoms with Crippen LogP contribution in [0.25, 0.3) is 0 Å². The van der Waals surface area contributed by atoms with Crippen molar-refractivity contribution < 1.29 is 9.53 Å². The number of hydrogen-bond acceptors (Lipinski definition) is 5. The fourth-order valence-electron chi connectivity index (χ4n) is 2.28. The van der Waals surface area contributed by atoms with Gasteiger partial charge in [-0.25, -0.2) is 0 Å². The SMILES string of the molecule is COc1c(N(C)CC2CC2)sc(C(=O)NC2CC2)c1N. The van der Waals surface area contributed by atoms with Crippen molar-refractivity contribution in [2.75, 3.05) is 31.3 Å². The second-order valence-corrected chi connectivity index (χ2v) is 6.75. The van der Waals surface area contributed by atoms with Crippen LogP contribution < -0.4 is 20.7 Å². The lowest BCUT2D eigenvalue weighted by Crippen LogP contribution is -2.25. The topological polar surface area (TPSA) is 67.6 Å². The Hall–Kier alpha value is -1.43. The lowest BCUT2D eigenvalue weighted by molar-refractivity contribution is 0.0956. The molecule has 0 aliphatic heterocycles. The van der Waals surface area contributed by atoms with Crippen molar-refractivity contribution in [2.45, 2.75) is 31.7 Å². The Labute approximate surface area is 123 Å². The lowest BCUT2D eigenvalue weighted by atomic mass is 10.3. The van der Waals surface area contributed by atoms with Crippen LogP contribution in [0, 0.1) is 5.92 Å². The Kier molecular flexibility index (Phi) is 3.50. The third-order valence-corrected chi connectivity index (χ3v) is 5.08. The molecule has 1 aromatic heterocycles. The maximum atomic E-state index is 12.2. The van der Waals surface area contributed by atoms with Gasteiger partial charge in [0.2, 0.25) is 0 Å². The molecular formula is C14H21N3O2S. The highest BCUT2D eigenvalue weighted by molar-refractivity contribution is 7.19. The first-order valence-electron chi connectivity index (χ1n) is 7.08.